The van der Waals surface area contributed by atoms with E-state index in [0.29, 0.717) is 13.0 Å². The second kappa shape index (κ2) is 4.09. The Kier molecular flexibility index (Phi) is 2.57. The van der Waals surface area contributed by atoms with Gasteiger partial charge in [0.2, 0.25) is 0 Å². The number of fused-ring (bicyclic) bond motifs is 1. The molecule has 3 rings (SSSR count). The molecule has 0 radical (unpaired) electrons. The van der Waals surface area contributed by atoms with Crippen LogP contribution < -0.4 is 5.32 Å². The molecule has 0 aliphatic carbocycles. The van der Waals surface area contributed by atoms with Gasteiger partial charge in [0.15, 0.2) is 0 Å². The number of hydrogen-bond donors (Lipinski definition) is 2. The van der Waals surface area contributed by atoms with Gasteiger partial charge in [-0.25, -0.2) is 4.98 Å². The number of carboxylic acids is 1. The maximum atomic E-state index is 10.9. The number of aromatic nitrogens is 1. The van der Waals surface area contributed by atoms with Crippen LogP contribution in [0.1, 0.15) is 18.0 Å². The van der Waals surface area contributed by atoms with Crippen molar-refractivity contribution in [3.05, 3.63) is 29.3 Å². The second-order valence-electron chi connectivity index (χ2n) is 4.28. The first kappa shape index (κ1) is 10.7. The lowest BCUT2D eigenvalue weighted by molar-refractivity contribution is -0.141. The number of carbonyl (C=O) groups is 1. The predicted octanol–water partition coefficient (Wildman–Crippen LogP) is 2.03. The summed E-state index contributed by atoms with van der Waals surface area (Å²) >= 11 is 1.61. The number of hydrogen-bond acceptors (Lipinski definition) is 4. The molecule has 2 aromatic rings. The summed E-state index contributed by atoms with van der Waals surface area (Å²) in [5, 5.41) is 12.3. The van der Waals surface area contributed by atoms with Gasteiger partial charge in [0.05, 0.1) is 21.6 Å². The first-order chi connectivity index (χ1) is 8.25. The Morgan fingerprint density at radius 2 is 2.41 bits per heavy atom. The van der Waals surface area contributed by atoms with Crippen molar-refractivity contribution in [2.24, 2.45) is 5.92 Å². The third-order valence-electron chi connectivity index (χ3n) is 3.24. The zero-order chi connectivity index (χ0) is 11.8. The van der Waals surface area contributed by atoms with Crippen LogP contribution in [0.25, 0.3) is 10.2 Å². The molecule has 17 heavy (non-hydrogen) atoms. The lowest BCUT2D eigenvalue weighted by Crippen LogP contribution is -2.17. The maximum absolute atomic E-state index is 10.9. The SMILES string of the molecule is O=C(O)C1CNC(c2cccc3ncsc23)C1. The third kappa shape index (κ3) is 1.81. The minimum absolute atomic E-state index is 0.139. The molecule has 2 unspecified atom stereocenters. The van der Waals surface area contributed by atoms with E-state index >= 15 is 0 Å². The molecule has 88 valence electrons. The highest BCUT2D eigenvalue weighted by molar-refractivity contribution is 7.16. The molecule has 1 saturated heterocycles. The summed E-state index contributed by atoms with van der Waals surface area (Å²) in [7, 11) is 0. The molecule has 2 heterocycles. The molecule has 4 nitrogen and oxygen atoms in total. The fourth-order valence-corrected chi connectivity index (χ4v) is 3.20. The summed E-state index contributed by atoms with van der Waals surface area (Å²) in [4.78, 5) is 15.2. The van der Waals surface area contributed by atoms with E-state index in [1.165, 1.54) is 5.56 Å². The lowest BCUT2D eigenvalue weighted by Gasteiger charge is -2.11. The molecule has 1 aliphatic rings. The quantitative estimate of drug-likeness (QED) is 0.853. The Morgan fingerprint density at radius 1 is 1.53 bits per heavy atom. The van der Waals surface area contributed by atoms with Gasteiger partial charge in [-0.2, -0.15) is 0 Å². The number of aliphatic carboxylic acids is 1. The van der Waals surface area contributed by atoms with Gasteiger partial charge in [-0.15, -0.1) is 11.3 Å². The van der Waals surface area contributed by atoms with Gasteiger partial charge in [-0.05, 0) is 18.1 Å². The second-order valence-corrected chi connectivity index (χ2v) is 5.13. The van der Waals surface area contributed by atoms with Crippen LogP contribution >= 0.6 is 11.3 Å². The van der Waals surface area contributed by atoms with E-state index in [0.717, 1.165) is 10.2 Å². The molecule has 5 heteroatoms. The fourth-order valence-electron chi connectivity index (χ4n) is 2.34. The largest absolute Gasteiger partial charge is 0.481 e. The van der Waals surface area contributed by atoms with Crippen LogP contribution in [0.3, 0.4) is 0 Å². The van der Waals surface area contributed by atoms with E-state index < -0.39 is 5.97 Å². The maximum Gasteiger partial charge on any atom is 0.307 e. The van der Waals surface area contributed by atoms with Gasteiger partial charge < -0.3 is 10.4 Å². The van der Waals surface area contributed by atoms with Gasteiger partial charge in [0, 0.05) is 12.6 Å². The van der Waals surface area contributed by atoms with Gasteiger partial charge >= 0.3 is 5.97 Å². The molecule has 0 saturated carbocycles. The Hall–Kier alpha value is -1.46. The lowest BCUT2D eigenvalue weighted by atomic mass is 10.00. The van der Waals surface area contributed by atoms with Crippen molar-refractivity contribution in [3.63, 3.8) is 0 Å². The number of benzene rings is 1. The fraction of sp³-hybridized carbons (Fsp3) is 0.333. The molecule has 2 atom stereocenters. The van der Waals surface area contributed by atoms with Crippen LogP contribution in [-0.4, -0.2) is 22.6 Å². The first-order valence-electron chi connectivity index (χ1n) is 5.54. The normalized spacial score (nSPS) is 24.2. The monoisotopic (exact) mass is 248 g/mol. The van der Waals surface area contributed by atoms with Gasteiger partial charge in [0.25, 0.3) is 0 Å². The predicted molar refractivity (Wildman–Crippen MR) is 66.1 cm³/mol. The van der Waals surface area contributed by atoms with Crippen molar-refractivity contribution in [2.75, 3.05) is 6.54 Å². The average molecular weight is 248 g/mol. The molecule has 0 amide bonds. The molecule has 1 aromatic heterocycles. The highest BCUT2D eigenvalue weighted by Gasteiger charge is 2.31. The van der Waals surface area contributed by atoms with Crippen molar-refractivity contribution in [2.45, 2.75) is 12.5 Å². The zero-order valence-electron chi connectivity index (χ0n) is 9.09. The van der Waals surface area contributed by atoms with E-state index in [4.69, 9.17) is 5.11 Å². The third-order valence-corrected chi connectivity index (χ3v) is 4.13. The standard InChI is InChI=1S/C12H12N2O2S/c15-12(16)7-4-10(13-5-7)8-2-1-3-9-11(8)17-6-14-9/h1-3,6-7,10,13H,4-5H2,(H,15,16). The molecular formula is C12H12N2O2S. The van der Waals surface area contributed by atoms with Crippen LogP contribution in [0.15, 0.2) is 23.7 Å². The van der Waals surface area contributed by atoms with Crippen LogP contribution in [0.2, 0.25) is 0 Å². The number of nitrogens with zero attached hydrogens (tertiary/aromatic N) is 1. The summed E-state index contributed by atoms with van der Waals surface area (Å²) in [5.74, 6) is -0.986. The number of nitrogens with one attached hydrogen (secondary N) is 1. The Morgan fingerprint density at radius 3 is 3.18 bits per heavy atom. The van der Waals surface area contributed by atoms with Gasteiger partial charge in [-0.3, -0.25) is 4.79 Å². The first-order valence-corrected chi connectivity index (χ1v) is 6.42. The molecule has 1 aliphatic heterocycles. The van der Waals surface area contributed by atoms with E-state index in [9.17, 15) is 4.79 Å². The summed E-state index contributed by atoms with van der Waals surface area (Å²) in [6, 6.07) is 6.16. The molecule has 1 fully saturated rings. The van der Waals surface area contributed by atoms with E-state index in [1.54, 1.807) is 11.3 Å². The number of thiazole rings is 1. The summed E-state index contributed by atoms with van der Waals surface area (Å²) < 4.78 is 1.16. The molecule has 0 bridgehead atoms. The van der Waals surface area contributed by atoms with E-state index in [-0.39, 0.29) is 12.0 Å². The van der Waals surface area contributed by atoms with Crippen molar-refractivity contribution in [3.8, 4) is 0 Å². The molecular weight excluding hydrogens is 236 g/mol. The van der Waals surface area contributed by atoms with Crippen LogP contribution in [0, 0.1) is 5.92 Å². The Labute approximate surface area is 102 Å². The number of carboxylic acid groups (broad SMARTS) is 1. The van der Waals surface area contributed by atoms with Gasteiger partial charge in [0.1, 0.15) is 0 Å². The van der Waals surface area contributed by atoms with E-state index in [2.05, 4.69) is 16.4 Å². The topological polar surface area (TPSA) is 62.2 Å². The van der Waals surface area contributed by atoms with Crippen LogP contribution in [-0.2, 0) is 4.79 Å². The molecule has 2 N–H and O–H groups in total. The average Bonchev–Trinajstić information content (AvgIpc) is 2.97. The molecule has 1 aromatic carbocycles. The van der Waals surface area contributed by atoms with Crippen molar-refractivity contribution < 1.29 is 9.90 Å². The summed E-state index contributed by atoms with van der Waals surface area (Å²) in [5.41, 5.74) is 4.00. The van der Waals surface area contributed by atoms with Crippen molar-refractivity contribution in [1.82, 2.24) is 10.3 Å². The van der Waals surface area contributed by atoms with Crippen molar-refractivity contribution >= 4 is 27.5 Å². The highest BCUT2D eigenvalue weighted by Crippen LogP contribution is 2.33. The highest BCUT2D eigenvalue weighted by atomic mass is 32.1. The Balaban J connectivity index is 1.95. The summed E-state index contributed by atoms with van der Waals surface area (Å²) in [6.45, 7) is 0.551. The molecule has 0 spiro atoms. The van der Waals surface area contributed by atoms with E-state index in [1.807, 2.05) is 17.6 Å². The minimum atomic E-state index is -0.712. The van der Waals surface area contributed by atoms with Crippen molar-refractivity contribution in [1.29, 1.82) is 0 Å². The minimum Gasteiger partial charge on any atom is -0.481 e. The van der Waals surface area contributed by atoms with Crippen LogP contribution in [0.4, 0.5) is 0 Å². The Bertz CT molecular complexity index is 566. The number of rotatable bonds is 2. The smallest absolute Gasteiger partial charge is 0.307 e. The van der Waals surface area contributed by atoms with Crippen LogP contribution in [0.5, 0.6) is 0 Å². The van der Waals surface area contributed by atoms with Gasteiger partial charge in [-0.1, -0.05) is 12.1 Å². The summed E-state index contributed by atoms with van der Waals surface area (Å²) in [6.07, 6.45) is 0.659. The zero-order valence-corrected chi connectivity index (χ0v) is 9.91.